The van der Waals surface area contributed by atoms with E-state index in [1.54, 1.807) is 0 Å². The van der Waals surface area contributed by atoms with Gasteiger partial charge >= 0.3 is 0 Å². The van der Waals surface area contributed by atoms with Crippen LogP contribution in [0.15, 0.2) is 46.9 Å². The lowest BCUT2D eigenvalue weighted by Crippen LogP contribution is -2.21. The molecule has 0 aliphatic heterocycles. The largest absolute Gasteiger partial charge is 0.488 e. The van der Waals surface area contributed by atoms with Crippen LogP contribution in [0, 0.1) is 0 Å². The molecule has 0 saturated heterocycles. The maximum absolute atomic E-state index is 5.89. The van der Waals surface area contributed by atoms with E-state index in [4.69, 9.17) is 16.3 Å². The van der Waals surface area contributed by atoms with Gasteiger partial charge in [0, 0.05) is 11.6 Å². The molecular formula is C19H24BrClN2O. The minimum absolute atomic E-state index is 0.526. The second-order valence-corrected chi connectivity index (χ2v) is 6.85. The number of hydrogen-bond acceptors (Lipinski definition) is 3. The van der Waals surface area contributed by atoms with E-state index >= 15 is 0 Å². The van der Waals surface area contributed by atoms with Crippen LogP contribution < -0.4 is 15.4 Å². The smallest absolute Gasteiger partial charge is 0.134 e. The zero-order valence-electron chi connectivity index (χ0n) is 13.9. The van der Waals surface area contributed by atoms with Crippen molar-refractivity contribution in [2.24, 2.45) is 0 Å². The van der Waals surface area contributed by atoms with Crippen molar-refractivity contribution in [2.45, 2.75) is 26.5 Å². The quantitative estimate of drug-likeness (QED) is 0.552. The third-order valence-corrected chi connectivity index (χ3v) is 4.46. The van der Waals surface area contributed by atoms with E-state index < -0.39 is 0 Å². The van der Waals surface area contributed by atoms with Gasteiger partial charge in [0.15, 0.2) is 0 Å². The Bertz CT molecular complexity index is 619. The fourth-order valence-corrected chi connectivity index (χ4v) is 2.93. The van der Waals surface area contributed by atoms with Crippen molar-refractivity contribution in [3.05, 3.63) is 63.1 Å². The Hall–Kier alpha value is -1.07. The van der Waals surface area contributed by atoms with Gasteiger partial charge in [-0.15, -0.1) is 0 Å². The van der Waals surface area contributed by atoms with Gasteiger partial charge in [-0.05, 0) is 77.4 Å². The summed E-state index contributed by atoms with van der Waals surface area (Å²) in [6, 6.07) is 13.9. The van der Waals surface area contributed by atoms with Crippen LogP contribution in [0.25, 0.3) is 0 Å². The van der Waals surface area contributed by atoms with Crippen LogP contribution in [-0.2, 0) is 13.2 Å². The van der Waals surface area contributed by atoms with E-state index in [2.05, 4.69) is 45.6 Å². The summed E-state index contributed by atoms with van der Waals surface area (Å²) in [7, 11) is 0. The highest BCUT2D eigenvalue weighted by atomic mass is 79.9. The fourth-order valence-electron chi connectivity index (χ4n) is 2.26. The lowest BCUT2D eigenvalue weighted by atomic mass is 10.2. The summed E-state index contributed by atoms with van der Waals surface area (Å²) in [4.78, 5) is 0. The average Bonchev–Trinajstić information content (AvgIpc) is 2.59. The minimum Gasteiger partial charge on any atom is -0.488 e. The number of ether oxygens (including phenoxy) is 1. The number of rotatable bonds is 10. The van der Waals surface area contributed by atoms with Gasteiger partial charge in [0.1, 0.15) is 12.4 Å². The lowest BCUT2D eigenvalue weighted by molar-refractivity contribution is 0.304. The Labute approximate surface area is 157 Å². The third kappa shape index (κ3) is 6.81. The summed E-state index contributed by atoms with van der Waals surface area (Å²) in [6.07, 6.45) is 1.14. The molecule has 0 aromatic heterocycles. The first-order chi connectivity index (χ1) is 11.7. The maximum Gasteiger partial charge on any atom is 0.134 e. The van der Waals surface area contributed by atoms with Crippen molar-refractivity contribution in [1.82, 2.24) is 10.6 Å². The number of benzene rings is 2. The highest BCUT2D eigenvalue weighted by molar-refractivity contribution is 9.10. The molecule has 24 heavy (non-hydrogen) atoms. The molecule has 0 spiro atoms. The van der Waals surface area contributed by atoms with Crippen LogP contribution in [0.3, 0.4) is 0 Å². The molecule has 2 aromatic rings. The van der Waals surface area contributed by atoms with E-state index in [-0.39, 0.29) is 0 Å². The summed E-state index contributed by atoms with van der Waals surface area (Å²) in [6.45, 7) is 6.62. The van der Waals surface area contributed by atoms with Crippen LogP contribution in [-0.4, -0.2) is 19.6 Å². The molecule has 0 saturated carbocycles. The first-order valence-corrected chi connectivity index (χ1v) is 9.43. The van der Waals surface area contributed by atoms with Crippen LogP contribution in [0.4, 0.5) is 0 Å². The molecule has 2 rings (SSSR count). The maximum atomic E-state index is 5.89. The summed E-state index contributed by atoms with van der Waals surface area (Å²) in [5.41, 5.74) is 2.34. The summed E-state index contributed by atoms with van der Waals surface area (Å²) < 4.78 is 6.84. The number of hydrogen-bond donors (Lipinski definition) is 2. The molecule has 0 aliphatic rings. The first kappa shape index (κ1) is 19.3. The topological polar surface area (TPSA) is 33.3 Å². The van der Waals surface area contributed by atoms with Crippen LogP contribution in [0.1, 0.15) is 24.5 Å². The zero-order chi connectivity index (χ0) is 17.2. The molecule has 2 aromatic carbocycles. The number of nitrogens with one attached hydrogen (secondary N) is 2. The van der Waals surface area contributed by atoms with Gasteiger partial charge < -0.3 is 15.4 Å². The van der Waals surface area contributed by atoms with Crippen molar-refractivity contribution in [2.75, 3.05) is 19.6 Å². The van der Waals surface area contributed by atoms with Crippen molar-refractivity contribution in [3.8, 4) is 5.75 Å². The molecule has 0 bridgehead atoms. The second kappa shape index (κ2) is 10.7. The van der Waals surface area contributed by atoms with Gasteiger partial charge in [-0.1, -0.05) is 36.7 Å². The van der Waals surface area contributed by atoms with Gasteiger partial charge in [0.25, 0.3) is 0 Å². The Morgan fingerprint density at radius 2 is 1.71 bits per heavy atom. The SMILES string of the molecule is CCNCCCNCc1ccc(OCc2ccc(Cl)cc2)c(Br)c1. The summed E-state index contributed by atoms with van der Waals surface area (Å²) in [5.74, 6) is 0.848. The molecular weight excluding hydrogens is 388 g/mol. The van der Waals surface area contributed by atoms with Gasteiger partial charge in [0.05, 0.1) is 4.47 Å². The highest BCUT2D eigenvalue weighted by Crippen LogP contribution is 2.27. The van der Waals surface area contributed by atoms with Gasteiger partial charge in [-0.2, -0.15) is 0 Å². The Morgan fingerprint density at radius 1 is 1.00 bits per heavy atom. The molecule has 0 fully saturated rings. The van der Waals surface area contributed by atoms with Gasteiger partial charge in [0.2, 0.25) is 0 Å². The third-order valence-electron chi connectivity index (χ3n) is 3.59. The fraction of sp³-hybridized carbons (Fsp3) is 0.368. The number of halogens is 2. The molecule has 130 valence electrons. The highest BCUT2D eigenvalue weighted by Gasteiger charge is 2.04. The van der Waals surface area contributed by atoms with Crippen molar-refractivity contribution < 1.29 is 4.74 Å². The molecule has 3 nitrogen and oxygen atoms in total. The van der Waals surface area contributed by atoms with E-state index in [0.29, 0.717) is 6.61 Å². The van der Waals surface area contributed by atoms with Crippen molar-refractivity contribution in [1.29, 1.82) is 0 Å². The molecule has 5 heteroatoms. The zero-order valence-corrected chi connectivity index (χ0v) is 16.3. The van der Waals surface area contributed by atoms with E-state index in [1.165, 1.54) is 5.56 Å². The van der Waals surface area contributed by atoms with Crippen molar-refractivity contribution >= 4 is 27.5 Å². The molecule has 2 N–H and O–H groups in total. The molecule has 0 amide bonds. The van der Waals surface area contributed by atoms with Gasteiger partial charge in [-0.3, -0.25) is 0 Å². The van der Waals surface area contributed by atoms with Crippen LogP contribution >= 0.6 is 27.5 Å². The summed E-state index contributed by atoms with van der Waals surface area (Å²) >= 11 is 9.48. The normalized spacial score (nSPS) is 10.8. The second-order valence-electron chi connectivity index (χ2n) is 5.56. The van der Waals surface area contributed by atoms with Crippen LogP contribution in [0.5, 0.6) is 5.75 Å². The van der Waals surface area contributed by atoms with E-state index in [0.717, 1.165) is 53.4 Å². The van der Waals surface area contributed by atoms with Crippen molar-refractivity contribution in [3.63, 3.8) is 0 Å². The average molecular weight is 412 g/mol. The summed E-state index contributed by atoms with van der Waals surface area (Å²) in [5, 5.41) is 7.52. The molecule has 0 radical (unpaired) electrons. The molecule has 0 aliphatic carbocycles. The Kier molecular flexibility index (Phi) is 8.60. The minimum atomic E-state index is 0.526. The van der Waals surface area contributed by atoms with Gasteiger partial charge in [-0.25, -0.2) is 0 Å². The molecule has 0 unspecified atom stereocenters. The lowest BCUT2D eigenvalue weighted by Gasteiger charge is -2.11. The first-order valence-electron chi connectivity index (χ1n) is 8.26. The Balaban J connectivity index is 1.77. The predicted octanol–water partition coefficient (Wildman–Crippen LogP) is 4.77. The molecule has 0 heterocycles. The van der Waals surface area contributed by atoms with E-state index in [9.17, 15) is 0 Å². The standard InChI is InChI=1S/C19H24BrClN2O/c1-2-22-10-3-11-23-13-16-6-9-19(18(20)12-16)24-14-15-4-7-17(21)8-5-15/h4-9,12,22-23H,2-3,10-11,13-14H2,1H3. The monoisotopic (exact) mass is 410 g/mol. The predicted molar refractivity (Wildman–Crippen MR) is 105 cm³/mol. The van der Waals surface area contributed by atoms with Crippen LogP contribution in [0.2, 0.25) is 5.02 Å². The van der Waals surface area contributed by atoms with E-state index in [1.807, 2.05) is 30.3 Å². The Morgan fingerprint density at radius 3 is 2.42 bits per heavy atom. The molecule has 0 atom stereocenters.